The third kappa shape index (κ3) is 4.94. The molecule has 4 heteroatoms. The molecular weight excluding hydrogens is 266 g/mol. The first-order chi connectivity index (χ1) is 9.05. The fourth-order valence-electron chi connectivity index (χ4n) is 2.51. The third-order valence-electron chi connectivity index (χ3n) is 3.40. The van der Waals surface area contributed by atoms with E-state index in [2.05, 4.69) is 0 Å². The monoisotopic (exact) mass is 284 g/mol. The van der Waals surface area contributed by atoms with Crippen LogP contribution < -0.4 is 0 Å². The van der Waals surface area contributed by atoms with Gasteiger partial charge in [-0.05, 0) is 30.9 Å². The zero-order valence-corrected chi connectivity index (χ0v) is 11.6. The van der Waals surface area contributed by atoms with E-state index in [1.165, 1.54) is 11.8 Å². The molecule has 1 aromatic carbocycles. The van der Waals surface area contributed by atoms with Crippen molar-refractivity contribution in [3.05, 3.63) is 30.3 Å². The van der Waals surface area contributed by atoms with E-state index >= 15 is 0 Å². The van der Waals surface area contributed by atoms with E-state index in [0.717, 1.165) is 11.3 Å². The number of ketones is 1. The van der Waals surface area contributed by atoms with E-state index in [4.69, 9.17) is 0 Å². The topological polar surface area (TPSA) is 17.1 Å². The molecule has 1 aliphatic rings. The SMILES string of the molecule is O=C(CSc1ccccc1)CC1CCCC(F)(F)C1. The Morgan fingerprint density at radius 1 is 1.32 bits per heavy atom. The summed E-state index contributed by atoms with van der Waals surface area (Å²) in [5, 5.41) is 0. The number of benzene rings is 1. The highest BCUT2D eigenvalue weighted by Gasteiger charge is 2.36. The first kappa shape index (κ1) is 14.5. The van der Waals surface area contributed by atoms with E-state index in [-0.39, 0.29) is 24.5 Å². The summed E-state index contributed by atoms with van der Waals surface area (Å²) in [6, 6.07) is 9.68. The van der Waals surface area contributed by atoms with Gasteiger partial charge in [0.05, 0.1) is 5.75 Å². The number of thioether (sulfide) groups is 1. The van der Waals surface area contributed by atoms with Gasteiger partial charge >= 0.3 is 0 Å². The molecule has 1 saturated carbocycles. The Hall–Kier alpha value is -0.900. The lowest BCUT2D eigenvalue weighted by Gasteiger charge is -2.28. The zero-order chi connectivity index (χ0) is 13.7. The van der Waals surface area contributed by atoms with Gasteiger partial charge < -0.3 is 0 Å². The van der Waals surface area contributed by atoms with Crippen LogP contribution in [0.4, 0.5) is 8.78 Å². The summed E-state index contributed by atoms with van der Waals surface area (Å²) in [6.45, 7) is 0. The van der Waals surface area contributed by atoms with Gasteiger partial charge in [-0.15, -0.1) is 11.8 Å². The van der Waals surface area contributed by atoms with E-state index in [1.807, 2.05) is 30.3 Å². The molecule has 1 nitrogen and oxygen atoms in total. The minimum atomic E-state index is -2.56. The summed E-state index contributed by atoms with van der Waals surface area (Å²) in [5.41, 5.74) is 0. The van der Waals surface area contributed by atoms with Gasteiger partial charge in [-0.2, -0.15) is 0 Å². The number of carbonyl (C=O) groups excluding carboxylic acids is 1. The molecule has 0 aliphatic heterocycles. The average Bonchev–Trinajstić information content (AvgIpc) is 2.36. The first-order valence-corrected chi connectivity index (χ1v) is 7.61. The number of hydrogen-bond acceptors (Lipinski definition) is 2. The molecule has 0 spiro atoms. The lowest BCUT2D eigenvalue weighted by Crippen LogP contribution is -2.27. The number of hydrogen-bond donors (Lipinski definition) is 0. The third-order valence-corrected chi connectivity index (χ3v) is 4.47. The molecule has 1 atom stereocenters. The molecule has 0 heterocycles. The molecule has 0 radical (unpaired) electrons. The molecule has 1 fully saturated rings. The molecule has 19 heavy (non-hydrogen) atoms. The summed E-state index contributed by atoms with van der Waals surface area (Å²) >= 11 is 1.48. The van der Waals surface area contributed by atoms with E-state index in [1.54, 1.807) is 0 Å². The normalized spacial score (nSPS) is 22.1. The van der Waals surface area contributed by atoms with Crippen molar-refractivity contribution in [3.8, 4) is 0 Å². The van der Waals surface area contributed by atoms with Gasteiger partial charge in [0.2, 0.25) is 5.92 Å². The van der Waals surface area contributed by atoms with Crippen molar-refractivity contribution in [2.45, 2.75) is 42.9 Å². The molecule has 1 unspecified atom stereocenters. The minimum Gasteiger partial charge on any atom is -0.299 e. The fourth-order valence-corrected chi connectivity index (χ4v) is 3.31. The minimum absolute atomic E-state index is 0.0174. The van der Waals surface area contributed by atoms with Gasteiger partial charge in [0, 0.05) is 24.2 Å². The molecule has 0 bridgehead atoms. The molecule has 2 rings (SSSR count). The van der Waals surface area contributed by atoms with Crippen molar-refractivity contribution in [2.24, 2.45) is 5.92 Å². The van der Waals surface area contributed by atoms with E-state index in [0.29, 0.717) is 18.6 Å². The molecule has 0 saturated heterocycles. The van der Waals surface area contributed by atoms with Gasteiger partial charge in [0.1, 0.15) is 5.78 Å². The van der Waals surface area contributed by atoms with Crippen molar-refractivity contribution in [3.63, 3.8) is 0 Å². The summed E-state index contributed by atoms with van der Waals surface area (Å²) in [6.07, 6.45) is 1.47. The fraction of sp³-hybridized carbons (Fsp3) is 0.533. The number of Topliss-reactive ketones (excluding diaryl/α,β-unsaturated/α-hetero) is 1. The molecule has 104 valence electrons. The van der Waals surface area contributed by atoms with Crippen LogP contribution in [0.3, 0.4) is 0 Å². The molecule has 0 amide bonds. The second-order valence-electron chi connectivity index (χ2n) is 5.16. The zero-order valence-electron chi connectivity index (χ0n) is 10.8. The van der Waals surface area contributed by atoms with E-state index < -0.39 is 5.92 Å². The predicted octanol–water partition coefficient (Wildman–Crippen LogP) is 4.56. The second-order valence-corrected chi connectivity index (χ2v) is 6.21. The van der Waals surface area contributed by atoms with Gasteiger partial charge in [0.15, 0.2) is 0 Å². The Morgan fingerprint density at radius 2 is 2.05 bits per heavy atom. The van der Waals surface area contributed by atoms with Crippen LogP contribution >= 0.6 is 11.8 Å². The summed E-state index contributed by atoms with van der Waals surface area (Å²) in [7, 11) is 0. The molecule has 0 aromatic heterocycles. The van der Waals surface area contributed by atoms with E-state index in [9.17, 15) is 13.6 Å². The number of alkyl halides is 2. The molecule has 1 aliphatic carbocycles. The maximum Gasteiger partial charge on any atom is 0.248 e. The molecule has 0 N–H and O–H groups in total. The maximum absolute atomic E-state index is 13.2. The highest BCUT2D eigenvalue weighted by atomic mass is 32.2. The maximum atomic E-state index is 13.2. The smallest absolute Gasteiger partial charge is 0.248 e. The highest BCUT2D eigenvalue weighted by molar-refractivity contribution is 8.00. The largest absolute Gasteiger partial charge is 0.299 e. The first-order valence-electron chi connectivity index (χ1n) is 6.62. The van der Waals surface area contributed by atoms with Crippen LogP contribution in [0.1, 0.15) is 32.1 Å². The van der Waals surface area contributed by atoms with Crippen molar-refractivity contribution in [1.29, 1.82) is 0 Å². The van der Waals surface area contributed by atoms with Crippen LogP contribution in [0.2, 0.25) is 0 Å². The average molecular weight is 284 g/mol. The quantitative estimate of drug-likeness (QED) is 0.737. The Kier molecular flexibility index (Phi) is 4.97. The van der Waals surface area contributed by atoms with Crippen LogP contribution in [0.25, 0.3) is 0 Å². The van der Waals surface area contributed by atoms with Crippen LogP contribution in [0.5, 0.6) is 0 Å². The summed E-state index contributed by atoms with van der Waals surface area (Å²) in [4.78, 5) is 12.9. The van der Waals surface area contributed by atoms with Crippen LogP contribution in [-0.2, 0) is 4.79 Å². The number of halogens is 2. The van der Waals surface area contributed by atoms with Crippen molar-refractivity contribution in [2.75, 3.05) is 5.75 Å². The summed E-state index contributed by atoms with van der Waals surface area (Å²) < 4.78 is 26.5. The summed E-state index contributed by atoms with van der Waals surface area (Å²) in [5.74, 6) is -2.23. The van der Waals surface area contributed by atoms with Crippen LogP contribution in [-0.4, -0.2) is 17.5 Å². The van der Waals surface area contributed by atoms with Gasteiger partial charge in [-0.3, -0.25) is 4.79 Å². The standard InChI is InChI=1S/C15H18F2OS/c16-15(17)8-4-5-12(10-15)9-13(18)11-19-14-6-2-1-3-7-14/h1-3,6-7,12H,4-5,8-11H2. The van der Waals surface area contributed by atoms with Gasteiger partial charge in [0.25, 0.3) is 0 Å². The number of rotatable bonds is 5. The molecule has 1 aromatic rings. The lowest BCUT2D eigenvalue weighted by molar-refractivity contribution is -0.119. The second kappa shape index (κ2) is 6.51. The Labute approximate surface area is 116 Å². The highest BCUT2D eigenvalue weighted by Crippen LogP contribution is 2.38. The van der Waals surface area contributed by atoms with Gasteiger partial charge in [-0.1, -0.05) is 18.2 Å². The van der Waals surface area contributed by atoms with Crippen LogP contribution in [0.15, 0.2) is 35.2 Å². The Balaban J connectivity index is 1.75. The number of carbonyl (C=O) groups is 1. The van der Waals surface area contributed by atoms with Crippen molar-refractivity contribution < 1.29 is 13.6 Å². The van der Waals surface area contributed by atoms with Crippen molar-refractivity contribution >= 4 is 17.5 Å². The van der Waals surface area contributed by atoms with Crippen LogP contribution in [0, 0.1) is 5.92 Å². The lowest BCUT2D eigenvalue weighted by atomic mass is 9.84. The Bertz CT molecular complexity index is 419. The molecular formula is C15H18F2OS. The van der Waals surface area contributed by atoms with Crippen molar-refractivity contribution in [1.82, 2.24) is 0 Å². The Morgan fingerprint density at radius 3 is 2.74 bits per heavy atom. The predicted molar refractivity (Wildman–Crippen MR) is 73.7 cm³/mol. The van der Waals surface area contributed by atoms with Gasteiger partial charge in [-0.25, -0.2) is 8.78 Å².